The van der Waals surface area contributed by atoms with Crippen LogP contribution in [-0.2, 0) is 0 Å². The van der Waals surface area contributed by atoms with Gasteiger partial charge in [-0.1, -0.05) is 6.07 Å². The fourth-order valence-corrected chi connectivity index (χ4v) is 2.60. The molecule has 1 aliphatic rings. The maximum Gasteiger partial charge on any atom is 0.126 e. The third kappa shape index (κ3) is 1.07. The van der Waals surface area contributed by atoms with Gasteiger partial charge in [-0.05, 0) is 17.9 Å². The summed E-state index contributed by atoms with van der Waals surface area (Å²) in [5, 5.41) is 2.05. The van der Waals surface area contributed by atoms with E-state index in [4.69, 9.17) is 23.2 Å². The Morgan fingerprint density at radius 1 is 1.60 bits per heavy atom. The van der Waals surface area contributed by atoms with Crippen LogP contribution in [0.1, 0.15) is 17.2 Å². The Balaban J connectivity index is 2.19. The minimum absolute atomic E-state index is 0.399. The van der Waals surface area contributed by atoms with Gasteiger partial charge in [0.05, 0.1) is 0 Å². The molecule has 0 aliphatic heterocycles. The van der Waals surface area contributed by atoms with Crippen molar-refractivity contribution < 1.29 is 0 Å². The Hall–Kier alpha value is 0.280. The van der Waals surface area contributed by atoms with Crippen molar-refractivity contribution in [2.24, 2.45) is 0 Å². The smallest absolute Gasteiger partial charge is 0.126 e. The first-order valence-electron chi connectivity index (χ1n) is 3.11. The number of rotatable bonds is 1. The Morgan fingerprint density at radius 2 is 2.30 bits per heavy atom. The molecule has 2 rings (SSSR count). The second-order valence-electron chi connectivity index (χ2n) is 2.53. The highest BCUT2D eigenvalue weighted by Gasteiger charge is 2.52. The van der Waals surface area contributed by atoms with Crippen LogP contribution < -0.4 is 0 Å². The molecule has 0 saturated heterocycles. The van der Waals surface area contributed by atoms with Gasteiger partial charge in [-0.25, -0.2) is 0 Å². The van der Waals surface area contributed by atoms with E-state index in [1.807, 2.05) is 6.07 Å². The third-order valence-corrected chi connectivity index (χ3v) is 3.53. The quantitative estimate of drug-likeness (QED) is 0.599. The first-order chi connectivity index (χ1) is 4.70. The van der Waals surface area contributed by atoms with Gasteiger partial charge >= 0.3 is 0 Å². The molecule has 1 unspecified atom stereocenters. The summed E-state index contributed by atoms with van der Waals surface area (Å²) in [7, 11) is 0. The predicted octanol–water partition coefficient (Wildman–Crippen LogP) is 3.41. The monoisotopic (exact) mass is 192 g/mol. The molecule has 3 heteroatoms. The standard InChI is InChI=1S/C7H6Cl2S/c8-7(9)4-5(7)6-2-1-3-10-6/h1-3,5H,4H2. The summed E-state index contributed by atoms with van der Waals surface area (Å²) in [5.41, 5.74) is 0. The number of hydrogen-bond donors (Lipinski definition) is 0. The van der Waals surface area contributed by atoms with E-state index in [1.165, 1.54) is 4.88 Å². The van der Waals surface area contributed by atoms with Crippen LogP contribution in [-0.4, -0.2) is 4.33 Å². The zero-order valence-electron chi connectivity index (χ0n) is 5.18. The van der Waals surface area contributed by atoms with Gasteiger partial charge < -0.3 is 0 Å². The van der Waals surface area contributed by atoms with E-state index in [2.05, 4.69) is 11.4 Å². The van der Waals surface area contributed by atoms with Crippen molar-refractivity contribution >= 4 is 34.5 Å². The summed E-state index contributed by atoms with van der Waals surface area (Å²) < 4.78 is -0.454. The Labute approximate surface area is 73.8 Å². The van der Waals surface area contributed by atoms with Crippen LogP contribution in [0.2, 0.25) is 0 Å². The van der Waals surface area contributed by atoms with Gasteiger partial charge in [-0.3, -0.25) is 0 Å². The molecular weight excluding hydrogens is 187 g/mol. The lowest BCUT2D eigenvalue weighted by molar-refractivity contribution is 1.15. The number of thiophene rings is 1. The van der Waals surface area contributed by atoms with E-state index < -0.39 is 4.33 Å². The second kappa shape index (κ2) is 2.13. The van der Waals surface area contributed by atoms with Crippen LogP contribution in [0.3, 0.4) is 0 Å². The highest BCUT2D eigenvalue weighted by atomic mass is 35.5. The van der Waals surface area contributed by atoms with E-state index in [0.717, 1.165) is 6.42 Å². The highest BCUT2D eigenvalue weighted by molar-refractivity contribution is 7.10. The average molecular weight is 193 g/mol. The Kier molecular flexibility index (Phi) is 1.48. The first-order valence-corrected chi connectivity index (χ1v) is 4.75. The molecule has 1 aromatic heterocycles. The molecule has 1 saturated carbocycles. The lowest BCUT2D eigenvalue weighted by atomic mass is 10.3. The summed E-state index contributed by atoms with van der Waals surface area (Å²) in [5.74, 6) is 0.399. The predicted molar refractivity (Wildman–Crippen MR) is 46.1 cm³/mol. The van der Waals surface area contributed by atoms with Crippen LogP contribution in [0.5, 0.6) is 0 Å². The molecule has 1 aromatic rings. The molecule has 0 aromatic carbocycles. The molecule has 10 heavy (non-hydrogen) atoms. The summed E-state index contributed by atoms with van der Waals surface area (Å²) in [4.78, 5) is 1.31. The number of halogens is 2. The number of hydrogen-bond acceptors (Lipinski definition) is 1. The van der Waals surface area contributed by atoms with E-state index >= 15 is 0 Å². The molecule has 1 heterocycles. The first kappa shape index (κ1) is 6.96. The van der Waals surface area contributed by atoms with Crippen LogP contribution in [0.4, 0.5) is 0 Å². The zero-order valence-corrected chi connectivity index (χ0v) is 7.51. The summed E-state index contributed by atoms with van der Waals surface area (Å²) in [6, 6.07) is 4.12. The zero-order chi connectivity index (χ0) is 7.19. The maximum absolute atomic E-state index is 5.87. The molecule has 1 fully saturated rings. The molecule has 0 bridgehead atoms. The van der Waals surface area contributed by atoms with Crippen LogP contribution in [0.15, 0.2) is 17.5 Å². The van der Waals surface area contributed by atoms with Crippen molar-refractivity contribution in [1.29, 1.82) is 0 Å². The lowest BCUT2D eigenvalue weighted by Gasteiger charge is -1.93. The third-order valence-electron chi connectivity index (χ3n) is 1.71. The molecular formula is C7H6Cl2S. The van der Waals surface area contributed by atoms with Crippen molar-refractivity contribution in [3.05, 3.63) is 22.4 Å². The van der Waals surface area contributed by atoms with Gasteiger partial charge in [0, 0.05) is 10.8 Å². The van der Waals surface area contributed by atoms with Gasteiger partial charge in [0.2, 0.25) is 0 Å². The lowest BCUT2D eigenvalue weighted by Crippen LogP contribution is -1.85. The van der Waals surface area contributed by atoms with E-state index in [-0.39, 0.29) is 0 Å². The molecule has 0 radical (unpaired) electrons. The van der Waals surface area contributed by atoms with Gasteiger partial charge in [-0.2, -0.15) is 0 Å². The summed E-state index contributed by atoms with van der Waals surface area (Å²) in [6.45, 7) is 0. The van der Waals surface area contributed by atoms with Crippen LogP contribution in [0.25, 0.3) is 0 Å². The molecule has 1 atom stereocenters. The Morgan fingerprint density at radius 3 is 2.70 bits per heavy atom. The van der Waals surface area contributed by atoms with Crippen LogP contribution >= 0.6 is 34.5 Å². The highest BCUT2D eigenvalue weighted by Crippen LogP contribution is 2.60. The van der Waals surface area contributed by atoms with Crippen molar-refractivity contribution in [2.45, 2.75) is 16.7 Å². The van der Waals surface area contributed by atoms with E-state index in [9.17, 15) is 0 Å². The van der Waals surface area contributed by atoms with Gasteiger partial charge in [0.25, 0.3) is 0 Å². The van der Waals surface area contributed by atoms with E-state index in [0.29, 0.717) is 5.92 Å². The average Bonchev–Trinajstić information content (AvgIpc) is 2.31. The number of alkyl halides is 2. The maximum atomic E-state index is 5.87. The molecule has 0 amide bonds. The van der Waals surface area contributed by atoms with Gasteiger partial charge in [-0.15, -0.1) is 34.5 Å². The van der Waals surface area contributed by atoms with Crippen LogP contribution in [0, 0.1) is 0 Å². The molecule has 54 valence electrons. The van der Waals surface area contributed by atoms with Crippen molar-refractivity contribution in [3.63, 3.8) is 0 Å². The van der Waals surface area contributed by atoms with Gasteiger partial charge in [0.15, 0.2) is 0 Å². The minimum atomic E-state index is -0.454. The largest absolute Gasteiger partial charge is 0.149 e. The van der Waals surface area contributed by atoms with Crippen molar-refractivity contribution in [3.8, 4) is 0 Å². The topological polar surface area (TPSA) is 0 Å². The molecule has 1 aliphatic carbocycles. The SMILES string of the molecule is ClC1(Cl)CC1c1cccs1. The summed E-state index contributed by atoms with van der Waals surface area (Å²) in [6.07, 6.45) is 0.913. The Bertz CT molecular complexity index is 228. The van der Waals surface area contributed by atoms with Crippen molar-refractivity contribution in [2.75, 3.05) is 0 Å². The molecule has 0 spiro atoms. The second-order valence-corrected chi connectivity index (χ2v) is 5.05. The molecule has 0 N–H and O–H groups in total. The fourth-order valence-electron chi connectivity index (χ4n) is 1.01. The molecule has 0 nitrogen and oxygen atoms in total. The minimum Gasteiger partial charge on any atom is -0.149 e. The summed E-state index contributed by atoms with van der Waals surface area (Å²) >= 11 is 13.5. The normalized spacial score (nSPS) is 28.4. The van der Waals surface area contributed by atoms with Crippen molar-refractivity contribution in [1.82, 2.24) is 0 Å². The fraction of sp³-hybridized carbons (Fsp3) is 0.429. The van der Waals surface area contributed by atoms with E-state index in [1.54, 1.807) is 11.3 Å². The van der Waals surface area contributed by atoms with Gasteiger partial charge in [0.1, 0.15) is 4.33 Å².